The van der Waals surface area contributed by atoms with E-state index < -0.39 is 0 Å². The molecule has 1 aliphatic carbocycles. The molecule has 1 aliphatic heterocycles. The van der Waals surface area contributed by atoms with Crippen LogP contribution in [0.1, 0.15) is 25.7 Å². The summed E-state index contributed by atoms with van der Waals surface area (Å²) in [6.45, 7) is 3.04. The van der Waals surface area contributed by atoms with Gasteiger partial charge in [0.1, 0.15) is 0 Å². The highest BCUT2D eigenvalue weighted by atomic mass is 16.5. The summed E-state index contributed by atoms with van der Waals surface area (Å²) in [7, 11) is 0. The van der Waals surface area contributed by atoms with Crippen LogP contribution < -0.4 is 5.32 Å². The minimum atomic E-state index is 0.522. The van der Waals surface area contributed by atoms with Gasteiger partial charge in [-0.2, -0.15) is 0 Å². The monoisotopic (exact) mass is 155 g/mol. The van der Waals surface area contributed by atoms with Crippen molar-refractivity contribution in [1.82, 2.24) is 5.32 Å². The summed E-state index contributed by atoms with van der Waals surface area (Å²) in [5, 5.41) is 3.36. The lowest BCUT2D eigenvalue weighted by molar-refractivity contribution is 0.00548. The van der Waals surface area contributed by atoms with Gasteiger partial charge >= 0.3 is 0 Å². The predicted molar refractivity (Wildman–Crippen MR) is 44.6 cm³/mol. The van der Waals surface area contributed by atoms with Gasteiger partial charge in [0.2, 0.25) is 0 Å². The molecule has 0 aromatic rings. The van der Waals surface area contributed by atoms with Gasteiger partial charge in [-0.15, -0.1) is 0 Å². The molecule has 1 saturated carbocycles. The molecule has 2 heteroatoms. The minimum absolute atomic E-state index is 0.522. The first-order chi connectivity index (χ1) is 5.45. The van der Waals surface area contributed by atoms with Gasteiger partial charge in [-0.1, -0.05) is 19.3 Å². The van der Waals surface area contributed by atoms with E-state index in [9.17, 15) is 0 Å². The third-order valence-corrected chi connectivity index (χ3v) is 2.83. The van der Waals surface area contributed by atoms with Crippen molar-refractivity contribution in [3.8, 4) is 0 Å². The highest BCUT2D eigenvalue weighted by Gasteiger charge is 2.23. The zero-order valence-corrected chi connectivity index (χ0v) is 7.01. The van der Waals surface area contributed by atoms with Gasteiger partial charge in [-0.05, 0) is 12.3 Å². The first-order valence-corrected chi connectivity index (χ1v) is 4.77. The van der Waals surface area contributed by atoms with Gasteiger partial charge in [-0.25, -0.2) is 0 Å². The number of hydrogen-bond acceptors (Lipinski definition) is 2. The average Bonchev–Trinajstić information content (AvgIpc) is 1.99. The maximum atomic E-state index is 5.62. The molecule has 2 nitrogen and oxygen atoms in total. The number of nitrogens with one attached hydrogen (secondary N) is 1. The zero-order valence-electron chi connectivity index (χ0n) is 7.01. The second kappa shape index (κ2) is 3.55. The highest BCUT2D eigenvalue weighted by Crippen LogP contribution is 2.31. The molecule has 11 heavy (non-hydrogen) atoms. The molecule has 2 rings (SSSR count). The Hall–Kier alpha value is -0.0800. The number of ether oxygens (including phenoxy) is 1. The Morgan fingerprint density at radius 3 is 2.82 bits per heavy atom. The summed E-state index contributed by atoms with van der Waals surface area (Å²) in [5.74, 6) is 0.986. The van der Waals surface area contributed by atoms with Gasteiger partial charge in [0.15, 0.2) is 0 Å². The second-order valence-electron chi connectivity index (χ2n) is 3.73. The van der Waals surface area contributed by atoms with E-state index >= 15 is 0 Å². The summed E-state index contributed by atoms with van der Waals surface area (Å²) >= 11 is 0. The molecule has 0 aromatic heterocycles. The van der Waals surface area contributed by atoms with Crippen molar-refractivity contribution >= 4 is 0 Å². The molecule has 1 saturated heterocycles. The molecule has 1 atom stereocenters. The molecule has 2 fully saturated rings. The topological polar surface area (TPSA) is 21.3 Å². The molecule has 1 unspecified atom stereocenters. The molecular weight excluding hydrogens is 138 g/mol. The van der Waals surface area contributed by atoms with Crippen molar-refractivity contribution in [2.75, 3.05) is 19.7 Å². The smallest absolute Gasteiger partial charge is 0.0702 e. The summed E-state index contributed by atoms with van der Waals surface area (Å²) in [6.07, 6.45) is 6.16. The Morgan fingerprint density at radius 1 is 1.36 bits per heavy atom. The van der Waals surface area contributed by atoms with E-state index in [2.05, 4.69) is 5.32 Å². The maximum Gasteiger partial charge on any atom is 0.0702 e. The Labute approximate surface area is 68.3 Å². The molecule has 2 aliphatic rings. The Balaban J connectivity index is 1.67. The highest BCUT2D eigenvalue weighted by molar-refractivity contribution is 4.76. The van der Waals surface area contributed by atoms with Gasteiger partial charge in [0.25, 0.3) is 0 Å². The first kappa shape index (κ1) is 7.56. The van der Waals surface area contributed by atoms with Gasteiger partial charge in [0, 0.05) is 13.1 Å². The normalized spacial score (nSPS) is 33.3. The van der Waals surface area contributed by atoms with E-state index in [0.717, 1.165) is 25.6 Å². The average molecular weight is 155 g/mol. The van der Waals surface area contributed by atoms with Crippen LogP contribution in [0, 0.1) is 5.92 Å². The van der Waals surface area contributed by atoms with Crippen molar-refractivity contribution < 1.29 is 4.74 Å². The lowest BCUT2D eigenvalue weighted by Crippen LogP contribution is -2.40. The van der Waals surface area contributed by atoms with E-state index in [0.29, 0.717) is 6.10 Å². The van der Waals surface area contributed by atoms with Crippen molar-refractivity contribution in [3.63, 3.8) is 0 Å². The largest absolute Gasteiger partial charge is 0.376 e. The molecule has 0 aromatic carbocycles. The predicted octanol–water partition coefficient (Wildman–Crippen LogP) is 1.17. The first-order valence-electron chi connectivity index (χ1n) is 4.77. The second-order valence-corrected chi connectivity index (χ2v) is 3.73. The van der Waals surface area contributed by atoms with Gasteiger partial charge in [-0.3, -0.25) is 0 Å². The fourth-order valence-corrected chi connectivity index (χ4v) is 1.87. The van der Waals surface area contributed by atoms with Crippen LogP contribution in [0.15, 0.2) is 0 Å². The molecule has 0 spiro atoms. The third-order valence-electron chi connectivity index (χ3n) is 2.83. The van der Waals surface area contributed by atoms with E-state index in [4.69, 9.17) is 4.74 Å². The summed E-state index contributed by atoms with van der Waals surface area (Å²) < 4.78 is 5.62. The van der Waals surface area contributed by atoms with Crippen LogP contribution in [0.5, 0.6) is 0 Å². The summed E-state index contributed by atoms with van der Waals surface area (Å²) in [6, 6.07) is 0. The fraction of sp³-hybridized carbons (Fsp3) is 1.00. The van der Waals surface area contributed by atoms with Gasteiger partial charge in [0.05, 0.1) is 12.7 Å². The zero-order chi connectivity index (χ0) is 7.52. The number of rotatable bonds is 2. The Bertz CT molecular complexity index is 117. The van der Waals surface area contributed by atoms with Crippen LogP contribution >= 0.6 is 0 Å². The molecule has 1 N–H and O–H groups in total. The van der Waals surface area contributed by atoms with E-state index in [1.54, 1.807) is 0 Å². The van der Waals surface area contributed by atoms with E-state index in [-0.39, 0.29) is 0 Å². The molecule has 0 bridgehead atoms. The van der Waals surface area contributed by atoms with Crippen LogP contribution in [0.3, 0.4) is 0 Å². The molecule has 1 heterocycles. The Morgan fingerprint density at radius 2 is 2.27 bits per heavy atom. The van der Waals surface area contributed by atoms with Crippen LogP contribution in [-0.4, -0.2) is 25.8 Å². The van der Waals surface area contributed by atoms with E-state index in [1.807, 2.05) is 0 Å². The van der Waals surface area contributed by atoms with Crippen molar-refractivity contribution in [3.05, 3.63) is 0 Å². The maximum absolute atomic E-state index is 5.62. The van der Waals surface area contributed by atoms with E-state index in [1.165, 1.54) is 25.7 Å². The standard InChI is InChI=1S/C9H17NO/c1-2-8(3-1)6-9-7-10-4-5-11-9/h8-10H,1-7H2. The molecule has 0 radical (unpaired) electrons. The number of morpholine rings is 1. The van der Waals surface area contributed by atoms with Crippen LogP contribution in [0.4, 0.5) is 0 Å². The molecule has 0 amide bonds. The summed E-state index contributed by atoms with van der Waals surface area (Å²) in [5.41, 5.74) is 0. The van der Waals surface area contributed by atoms with Crippen molar-refractivity contribution in [1.29, 1.82) is 0 Å². The SMILES string of the molecule is C1CC(CC2CNCCO2)C1. The number of hydrogen-bond donors (Lipinski definition) is 1. The van der Waals surface area contributed by atoms with Gasteiger partial charge < -0.3 is 10.1 Å². The quantitative estimate of drug-likeness (QED) is 0.646. The Kier molecular flexibility index (Phi) is 2.44. The van der Waals surface area contributed by atoms with Crippen molar-refractivity contribution in [2.45, 2.75) is 31.8 Å². The third kappa shape index (κ3) is 1.94. The minimum Gasteiger partial charge on any atom is -0.376 e. The fourth-order valence-electron chi connectivity index (χ4n) is 1.87. The lowest BCUT2D eigenvalue weighted by Gasteiger charge is -2.31. The molecule has 64 valence electrons. The van der Waals surface area contributed by atoms with Crippen LogP contribution in [0.25, 0.3) is 0 Å². The van der Waals surface area contributed by atoms with Crippen LogP contribution in [-0.2, 0) is 4.74 Å². The summed E-state index contributed by atoms with van der Waals surface area (Å²) in [4.78, 5) is 0. The molecular formula is C9H17NO. The van der Waals surface area contributed by atoms with Crippen LogP contribution in [0.2, 0.25) is 0 Å². The van der Waals surface area contributed by atoms with Crippen molar-refractivity contribution in [2.24, 2.45) is 5.92 Å². The lowest BCUT2D eigenvalue weighted by atomic mass is 9.81.